The fraction of sp³-hybridized carbons (Fsp3) is 0.417. The van der Waals surface area contributed by atoms with Crippen LogP contribution in [-0.2, 0) is 4.74 Å². The van der Waals surface area contributed by atoms with Gasteiger partial charge in [0.05, 0.1) is 12.2 Å². The molecule has 2 rings (SSSR count). The Morgan fingerprint density at radius 3 is 2.53 bits per heavy atom. The Morgan fingerprint density at radius 1 is 1.41 bits per heavy atom. The van der Waals surface area contributed by atoms with Crippen molar-refractivity contribution in [2.24, 2.45) is 5.92 Å². The molecule has 2 N–H and O–H groups in total. The molecule has 1 aliphatic rings. The van der Waals surface area contributed by atoms with E-state index in [0.717, 1.165) is 0 Å². The van der Waals surface area contributed by atoms with E-state index in [2.05, 4.69) is 0 Å². The number of anilines is 1. The van der Waals surface area contributed by atoms with Gasteiger partial charge < -0.3 is 10.5 Å². The molecule has 1 atom stereocenters. The number of ether oxygens (including phenoxy) is 1. The van der Waals surface area contributed by atoms with Crippen molar-refractivity contribution < 1.29 is 18.3 Å². The Hall–Kier alpha value is -1.65. The van der Waals surface area contributed by atoms with Crippen LogP contribution >= 0.6 is 0 Å². The maximum atomic E-state index is 12.5. The van der Waals surface area contributed by atoms with Gasteiger partial charge in [-0.2, -0.15) is 0 Å². The average molecular weight is 241 g/mol. The second kappa shape index (κ2) is 4.31. The number of hydrogen-bond donors (Lipinski definition) is 1. The second-order valence-electron chi connectivity index (χ2n) is 4.21. The predicted molar refractivity (Wildman–Crippen MR) is 58.8 cm³/mol. The van der Waals surface area contributed by atoms with Crippen LogP contribution < -0.4 is 5.73 Å². The van der Waals surface area contributed by atoms with Crippen molar-refractivity contribution >= 4 is 11.7 Å². The third-order valence-corrected chi connectivity index (χ3v) is 2.80. The summed E-state index contributed by atoms with van der Waals surface area (Å²) in [5, 5.41) is 0. The van der Waals surface area contributed by atoms with Gasteiger partial charge in [0.15, 0.2) is 0 Å². The largest absolute Gasteiger partial charge is 0.462 e. The van der Waals surface area contributed by atoms with Crippen molar-refractivity contribution in [1.29, 1.82) is 0 Å². The number of hydrogen-bond acceptors (Lipinski definition) is 3. The lowest BCUT2D eigenvalue weighted by Gasteiger charge is -2.04. The summed E-state index contributed by atoms with van der Waals surface area (Å²) in [6.45, 7) is 0.0312. The molecule has 1 aromatic carbocycles. The topological polar surface area (TPSA) is 52.3 Å². The molecular formula is C12H13F2NO2. The molecule has 0 aromatic heterocycles. The van der Waals surface area contributed by atoms with Crippen molar-refractivity contribution in [3.05, 3.63) is 29.8 Å². The Bertz CT molecular complexity index is 417. The number of halogens is 2. The number of alkyl halides is 2. The molecule has 0 spiro atoms. The van der Waals surface area contributed by atoms with E-state index in [1.165, 1.54) is 0 Å². The molecule has 1 unspecified atom stereocenters. The Balaban J connectivity index is 1.76. The predicted octanol–water partition coefficient (Wildman–Crippen LogP) is 2.47. The van der Waals surface area contributed by atoms with Crippen LogP contribution in [0.25, 0.3) is 0 Å². The number of carbonyl (C=O) groups is 1. The molecule has 1 fully saturated rings. The Kier molecular flexibility index (Phi) is 3.00. The van der Waals surface area contributed by atoms with E-state index in [4.69, 9.17) is 10.5 Å². The van der Waals surface area contributed by atoms with E-state index >= 15 is 0 Å². The molecular weight excluding hydrogens is 228 g/mol. The van der Waals surface area contributed by atoms with Crippen molar-refractivity contribution in [2.75, 3.05) is 12.3 Å². The van der Waals surface area contributed by atoms with Crippen LogP contribution in [0.5, 0.6) is 0 Å². The van der Waals surface area contributed by atoms with Gasteiger partial charge in [-0.15, -0.1) is 0 Å². The average Bonchev–Trinajstić information content (AvgIpc) is 2.87. The van der Waals surface area contributed by atoms with E-state index in [0.29, 0.717) is 11.3 Å². The van der Waals surface area contributed by atoms with Gasteiger partial charge in [-0.05, 0) is 30.7 Å². The third kappa shape index (κ3) is 2.93. The van der Waals surface area contributed by atoms with Gasteiger partial charge in [0.2, 0.25) is 0 Å². The summed E-state index contributed by atoms with van der Waals surface area (Å²) < 4.78 is 30.0. The molecule has 5 heteroatoms. The van der Waals surface area contributed by atoms with Crippen LogP contribution in [-0.4, -0.2) is 18.5 Å². The van der Waals surface area contributed by atoms with E-state index in [1.807, 2.05) is 0 Å². The van der Waals surface area contributed by atoms with Crippen LogP contribution in [0.15, 0.2) is 24.3 Å². The first-order valence-corrected chi connectivity index (χ1v) is 5.39. The lowest BCUT2D eigenvalue weighted by molar-refractivity contribution is 0.0452. The summed E-state index contributed by atoms with van der Waals surface area (Å²) in [6.07, 6.45) is 0.125. The van der Waals surface area contributed by atoms with Crippen LogP contribution in [0.2, 0.25) is 0 Å². The van der Waals surface area contributed by atoms with Gasteiger partial charge in [-0.25, -0.2) is 13.6 Å². The molecule has 0 heterocycles. The SMILES string of the molecule is Nc1ccc(C(=O)OCCC2CC2(F)F)cc1. The quantitative estimate of drug-likeness (QED) is 0.650. The van der Waals surface area contributed by atoms with Crippen LogP contribution in [0, 0.1) is 5.92 Å². The molecule has 0 radical (unpaired) electrons. The molecule has 17 heavy (non-hydrogen) atoms. The fourth-order valence-electron chi connectivity index (χ4n) is 1.58. The third-order valence-electron chi connectivity index (χ3n) is 2.80. The number of benzene rings is 1. The molecule has 3 nitrogen and oxygen atoms in total. The number of carbonyl (C=O) groups excluding carboxylic acids is 1. The molecule has 92 valence electrons. The molecule has 1 saturated carbocycles. The highest BCUT2D eigenvalue weighted by molar-refractivity contribution is 5.89. The first kappa shape index (κ1) is 11.8. The molecule has 0 aliphatic heterocycles. The van der Waals surface area contributed by atoms with Gasteiger partial charge in [0.1, 0.15) is 0 Å². The van der Waals surface area contributed by atoms with Crippen LogP contribution in [0.1, 0.15) is 23.2 Å². The summed E-state index contributed by atoms with van der Waals surface area (Å²) in [6, 6.07) is 6.27. The van der Waals surface area contributed by atoms with E-state index in [1.54, 1.807) is 24.3 Å². The summed E-state index contributed by atoms with van der Waals surface area (Å²) in [7, 11) is 0. The zero-order valence-corrected chi connectivity index (χ0v) is 9.16. The van der Waals surface area contributed by atoms with Crippen molar-refractivity contribution in [2.45, 2.75) is 18.8 Å². The highest BCUT2D eigenvalue weighted by Gasteiger charge is 2.56. The summed E-state index contributed by atoms with van der Waals surface area (Å²) in [4.78, 5) is 11.5. The minimum atomic E-state index is -2.55. The van der Waals surface area contributed by atoms with Crippen molar-refractivity contribution in [1.82, 2.24) is 0 Å². The lowest BCUT2D eigenvalue weighted by atomic mass is 10.2. The van der Waals surface area contributed by atoms with Gasteiger partial charge in [-0.1, -0.05) is 0 Å². The number of esters is 1. The first-order valence-electron chi connectivity index (χ1n) is 5.39. The summed E-state index contributed by atoms with van der Waals surface area (Å²) in [5.74, 6) is -3.68. The normalized spacial score (nSPS) is 20.9. The smallest absolute Gasteiger partial charge is 0.338 e. The number of rotatable bonds is 4. The zero-order valence-electron chi connectivity index (χ0n) is 9.16. The first-order chi connectivity index (χ1) is 7.99. The van der Waals surface area contributed by atoms with E-state index < -0.39 is 17.8 Å². The summed E-state index contributed by atoms with van der Waals surface area (Å²) in [5.41, 5.74) is 6.40. The standard InChI is InChI=1S/C12H13F2NO2/c13-12(14)7-9(12)5-6-17-11(16)8-1-3-10(15)4-2-8/h1-4,9H,5-7,15H2. The Labute approximate surface area is 97.6 Å². The van der Waals surface area contributed by atoms with Crippen molar-refractivity contribution in [3.8, 4) is 0 Å². The zero-order chi connectivity index (χ0) is 12.5. The van der Waals surface area contributed by atoms with Gasteiger partial charge in [-0.3, -0.25) is 0 Å². The molecule has 1 aliphatic carbocycles. The van der Waals surface area contributed by atoms with E-state index in [-0.39, 0.29) is 19.4 Å². The van der Waals surface area contributed by atoms with Crippen LogP contribution in [0.3, 0.4) is 0 Å². The van der Waals surface area contributed by atoms with Crippen molar-refractivity contribution in [3.63, 3.8) is 0 Å². The van der Waals surface area contributed by atoms with Gasteiger partial charge >= 0.3 is 5.97 Å². The highest BCUT2D eigenvalue weighted by Crippen LogP contribution is 2.50. The van der Waals surface area contributed by atoms with Gasteiger partial charge in [0.25, 0.3) is 5.92 Å². The maximum Gasteiger partial charge on any atom is 0.338 e. The molecule has 1 aromatic rings. The molecule has 0 amide bonds. The number of nitrogen functional groups attached to an aromatic ring is 1. The monoisotopic (exact) mass is 241 g/mol. The number of nitrogens with two attached hydrogens (primary N) is 1. The fourth-order valence-corrected chi connectivity index (χ4v) is 1.58. The molecule has 0 saturated heterocycles. The highest BCUT2D eigenvalue weighted by atomic mass is 19.3. The van der Waals surface area contributed by atoms with Gasteiger partial charge in [0, 0.05) is 18.0 Å². The second-order valence-corrected chi connectivity index (χ2v) is 4.21. The minimum Gasteiger partial charge on any atom is -0.462 e. The molecule has 0 bridgehead atoms. The lowest BCUT2D eigenvalue weighted by Crippen LogP contribution is -2.08. The maximum absolute atomic E-state index is 12.5. The summed E-state index contributed by atoms with van der Waals surface area (Å²) >= 11 is 0. The minimum absolute atomic E-state index is 0.0312. The van der Waals surface area contributed by atoms with Crippen LogP contribution in [0.4, 0.5) is 14.5 Å². The van der Waals surface area contributed by atoms with E-state index in [9.17, 15) is 13.6 Å². The Morgan fingerprint density at radius 2 is 2.00 bits per heavy atom.